The molecule has 94 valence electrons. The van der Waals surface area contributed by atoms with Gasteiger partial charge in [-0.3, -0.25) is 0 Å². The third-order valence-electron chi connectivity index (χ3n) is 2.76. The number of hydrogen-bond acceptors (Lipinski definition) is 4. The van der Waals surface area contributed by atoms with Gasteiger partial charge in [-0.2, -0.15) is 5.10 Å². The second kappa shape index (κ2) is 4.90. The van der Waals surface area contributed by atoms with Crippen LogP contribution in [-0.4, -0.2) is 40.3 Å². The van der Waals surface area contributed by atoms with Crippen molar-refractivity contribution in [1.82, 2.24) is 10.2 Å². The fourth-order valence-corrected chi connectivity index (χ4v) is 2.45. The van der Waals surface area contributed by atoms with Crippen molar-refractivity contribution in [2.75, 3.05) is 23.3 Å². The molecule has 1 atom stereocenters. The Bertz CT molecular complexity index is 380. The lowest BCUT2D eigenvalue weighted by molar-refractivity contribution is -0.0726. The highest BCUT2D eigenvalue weighted by atomic mass is 79.9. The molecule has 1 unspecified atom stereocenters. The lowest BCUT2D eigenvalue weighted by atomic mass is 10.1. The van der Waals surface area contributed by atoms with Gasteiger partial charge in [0.1, 0.15) is 0 Å². The van der Waals surface area contributed by atoms with Gasteiger partial charge in [0.05, 0.1) is 17.4 Å². The summed E-state index contributed by atoms with van der Waals surface area (Å²) in [7, 11) is 0. The van der Waals surface area contributed by atoms with E-state index in [1.165, 1.54) is 0 Å². The first-order valence-corrected chi connectivity index (χ1v) is 6.91. The zero-order valence-electron chi connectivity index (χ0n) is 10.5. The summed E-state index contributed by atoms with van der Waals surface area (Å²) in [6.07, 6.45) is 0.196. The minimum Gasteiger partial charge on any atom is -0.368 e. The molecule has 0 aliphatic carbocycles. The van der Waals surface area contributed by atoms with Crippen LogP contribution in [0.15, 0.2) is 12.1 Å². The Morgan fingerprint density at radius 3 is 2.82 bits per heavy atom. The number of hydrogen-bond donors (Lipinski definition) is 0. The molecule has 0 radical (unpaired) electrons. The Kier molecular flexibility index (Phi) is 3.68. The van der Waals surface area contributed by atoms with Crippen LogP contribution in [0.1, 0.15) is 19.5 Å². The lowest BCUT2D eigenvalue weighted by Gasteiger charge is -2.42. The monoisotopic (exact) mass is 299 g/mol. The lowest BCUT2D eigenvalue weighted by Crippen LogP contribution is -2.53. The zero-order chi connectivity index (χ0) is 12.5. The molecule has 4 nitrogen and oxygen atoms in total. The Morgan fingerprint density at radius 2 is 2.24 bits per heavy atom. The minimum atomic E-state index is -0.150. The third kappa shape index (κ3) is 3.16. The van der Waals surface area contributed by atoms with E-state index in [-0.39, 0.29) is 11.7 Å². The number of ether oxygens (including phenoxy) is 1. The molecule has 0 aromatic carbocycles. The van der Waals surface area contributed by atoms with E-state index in [9.17, 15) is 0 Å². The van der Waals surface area contributed by atoms with E-state index in [1.54, 1.807) is 0 Å². The van der Waals surface area contributed by atoms with E-state index in [1.807, 2.05) is 19.1 Å². The average Bonchev–Trinajstić information content (AvgIpc) is 2.27. The van der Waals surface area contributed by atoms with Crippen molar-refractivity contribution in [3.8, 4) is 0 Å². The summed E-state index contributed by atoms with van der Waals surface area (Å²) >= 11 is 3.49. The minimum absolute atomic E-state index is 0.150. The van der Waals surface area contributed by atoms with Gasteiger partial charge < -0.3 is 9.64 Å². The van der Waals surface area contributed by atoms with Crippen LogP contribution >= 0.6 is 15.9 Å². The second-order valence-corrected chi connectivity index (χ2v) is 5.71. The molecule has 1 aromatic rings. The van der Waals surface area contributed by atoms with Crippen LogP contribution in [0, 0.1) is 6.92 Å². The number of aromatic nitrogens is 2. The molecule has 1 fully saturated rings. The van der Waals surface area contributed by atoms with Gasteiger partial charge in [-0.25, -0.2) is 0 Å². The smallest absolute Gasteiger partial charge is 0.151 e. The van der Waals surface area contributed by atoms with Gasteiger partial charge >= 0.3 is 0 Å². The van der Waals surface area contributed by atoms with Gasteiger partial charge in [0.15, 0.2) is 5.82 Å². The third-order valence-corrected chi connectivity index (χ3v) is 3.48. The van der Waals surface area contributed by atoms with Gasteiger partial charge in [-0.15, -0.1) is 5.10 Å². The first-order chi connectivity index (χ1) is 8.00. The summed E-state index contributed by atoms with van der Waals surface area (Å²) in [5, 5.41) is 9.19. The molecular formula is C12H18BrN3O. The van der Waals surface area contributed by atoms with Crippen LogP contribution < -0.4 is 4.90 Å². The van der Waals surface area contributed by atoms with E-state index >= 15 is 0 Å². The van der Waals surface area contributed by atoms with Crippen LogP contribution in [0.3, 0.4) is 0 Å². The Labute approximate surface area is 110 Å². The standard InChI is InChI=1S/C12H18BrN3O/c1-9-4-5-11(15-14-9)16-7-10(6-13)17-12(2,3)8-16/h4-5,10H,6-8H2,1-3H3. The van der Waals surface area contributed by atoms with Crippen LogP contribution in [-0.2, 0) is 4.74 Å². The van der Waals surface area contributed by atoms with E-state index in [2.05, 4.69) is 44.9 Å². The van der Waals surface area contributed by atoms with Crippen LogP contribution in [0.25, 0.3) is 0 Å². The molecule has 17 heavy (non-hydrogen) atoms. The van der Waals surface area contributed by atoms with E-state index in [0.29, 0.717) is 0 Å². The molecule has 1 aromatic heterocycles. The SMILES string of the molecule is Cc1ccc(N2CC(CBr)OC(C)(C)C2)nn1. The summed E-state index contributed by atoms with van der Waals surface area (Å²) in [6.45, 7) is 7.86. The maximum Gasteiger partial charge on any atom is 0.151 e. The van der Waals surface area contributed by atoms with E-state index in [4.69, 9.17) is 4.74 Å². The molecule has 2 heterocycles. The van der Waals surface area contributed by atoms with Gasteiger partial charge in [-0.05, 0) is 32.9 Å². The Balaban J connectivity index is 2.17. The summed E-state index contributed by atoms with van der Waals surface area (Å²) in [6, 6.07) is 4.02. The quantitative estimate of drug-likeness (QED) is 0.785. The molecule has 2 rings (SSSR count). The number of morpholine rings is 1. The predicted molar refractivity (Wildman–Crippen MR) is 71.7 cm³/mol. The summed E-state index contributed by atoms with van der Waals surface area (Å²) in [5.74, 6) is 0.929. The zero-order valence-corrected chi connectivity index (χ0v) is 12.1. The molecule has 1 aliphatic rings. The summed E-state index contributed by atoms with van der Waals surface area (Å²) < 4.78 is 5.96. The molecule has 5 heteroatoms. The summed E-state index contributed by atoms with van der Waals surface area (Å²) in [4.78, 5) is 2.24. The van der Waals surface area contributed by atoms with Crippen LogP contribution in [0.4, 0.5) is 5.82 Å². The maximum absolute atomic E-state index is 5.96. The number of aryl methyl sites for hydroxylation is 1. The molecular weight excluding hydrogens is 282 g/mol. The van der Waals surface area contributed by atoms with Crippen molar-refractivity contribution in [3.05, 3.63) is 17.8 Å². The number of rotatable bonds is 2. The van der Waals surface area contributed by atoms with Gasteiger partial charge in [0, 0.05) is 18.4 Å². The molecule has 0 N–H and O–H groups in total. The molecule has 0 saturated carbocycles. The highest BCUT2D eigenvalue weighted by Crippen LogP contribution is 2.25. The van der Waals surface area contributed by atoms with E-state index < -0.39 is 0 Å². The fourth-order valence-electron chi connectivity index (χ4n) is 2.11. The van der Waals surface area contributed by atoms with Gasteiger partial charge in [-0.1, -0.05) is 15.9 Å². The fraction of sp³-hybridized carbons (Fsp3) is 0.667. The second-order valence-electron chi connectivity index (χ2n) is 5.07. The van der Waals surface area contributed by atoms with Crippen molar-refractivity contribution in [1.29, 1.82) is 0 Å². The molecule has 0 amide bonds. The molecule has 1 saturated heterocycles. The highest BCUT2D eigenvalue weighted by Gasteiger charge is 2.33. The Hall–Kier alpha value is -0.680. The van der Waals surface area contributed by atoms with Crippen molar-refractivity contribution < 1.29 is 4.74 Å². The van der Waals surface area contributed by atoms with E-state index in [0.717, 1.165) is 29.9 Å². The average molecular weight is 300 g/mol. The first kappa shape index (κ1) is 12.8. The summed E-state index contributed by atoms with van der Waals surface area (Å²) in [5.41, 5.74) is 0.793. The van der Waals surface area contributed by atoms with Crippen LogP contribution in [0.5, 0.6) is 0 Å². The van der Waals surface area contributed by atoms with Gasteiger partial charge in [0.2, 0.25) is 0 Å². The molecule has 0 spiro atoms. The molecule has 1 aliphatic heterocycles. The topological polar surface area (TPSA) is 38.2 Å². The number of anilines is 1. The first-order valence-electron chi connectivity index (χ1n) is 5.79. The van der Waals surface area contributed by atoms with Crippen molar-refractivity contribution >= 4 is 21.7 Å². The maximum atomic E-state index is 5.96. The normalized spacial score (nSPS) is 23.8. The number of halogens is 1. The molecule has 0 bridgehead atoms. The van der Waals surface area contributed by atoms with Gasteiger partial charge in [0.25, 0.3) is 0 Å². The number of nitrogens with zero attached hydrogens (tertiary/aromatic N) is 3. The largest absolute Gasteiger partial charge is 0.368 e. The van der Waals surface area contributed by atoms with Crippen molar-refractivity contribution in [2.45, 2.75) is 32.5 Å². The van der Waals surface area contributed by atoms with Crippen LogP contribution in [0.2, 0.25) is 0 Å². The predicted octanol–water partition coefficient (Wildman–Crippen LogP) is 2.16. The Morgan fingerprint density at radius 1 is 1.47 bits per heavy atom. The highest BCUT2D eigenvalue weighted by molar-refractivity contribution is 9.09. The number of alkyl halides is 1. The van der Waals surface area contributed by atoms with Crippen molar-refractivity contribution in [2.24, 2.45) is 0 Å². The van der Waals surface area contributed by atoms with Crippen molar-refractivity contribution in [3.63, 3.8) is 0 Å².